The molecule has 1 N–H and O–H groups in total. The van der Waals surface area contributed by atoms with E-state index in [2.05, 4.69) is 0 Å². The summed E-state index contributed by atoms with van der Waals surface area (Å²) in [4.78, 5) is 0. The molecule has 6 heteroatoms. The largest absolute Gasteiger partial charge is 0.394 e. The normalized spacial score (nSPS) is 22.2. The summed E-state index contributed by atoms with van der Waals surface area (Å²) in [6.45, 7) is 3.60. The Labute approximate surface area is 103 Å². The number of rotatable bonds is 5. The topological polar surface area (TPSA) is 20.2 Å². The first-order chi connectivity index (χ1) is 7.62. The molecular formula is C11H17ClF4O. The third kappa shape index (κ3) is 4.84. The number of allylic oxidation sites excluding steroid dienone is 1. The van der Waals surface area contributed by atoms with Gasteiger partial charge in [-0.05, 0) is 25.7 Å². The molecule has 0 aromatic heterocycles. The van der Waals surface area contributed by atoms with Crippen molar-refractivity contribution in [3.05, 3.63) is 11.6 Å². The molecule has 0 aliphatic carbocycles. The van der Waals surface area contributed by atoms with Crippen LogP contribution >= 0.6 is 11.6 Å². The Balaban J connectivity index is 5.25. The van der Waals surface area contributed by atoms with Crippen LogP contribution in [0.15, 0.2) is 11.6 Å². The highest BCUT2D eigenvalue weighted by atomic mass is 35.5. The lowest BCUT2D eigenvalue weighted by Crippen LogP contribution is -2.41. The van der Waals surface area contributed by atoms with Crippen LogP contribution in [0.5, 0.6) is 0 Å². The molecule has 5 atom stereocenters. The van der Waals surface area contributed by atoms with Crippen LogP contribution in [0, 0.1) is 17.8 Å². The standard InChI is InChI=1S/C11H17ClF4O/c1-6(7(2)13)9(4-5-12)10(8(3)17)11(14,15)16/h4-10,17H,1-3H3/b5-4+/t6-,7-,8?,9-,10+/m1/s1. The van der Waals surface area contributed by atoms with Crippen LogP contribution in [-0.2, 0) is 0 Å². The minimum Gasteiger partial charge on any atom is -0.393 e. The fraction of sp³-hybridized carbons (Fsp3) is 0.818. The SMILES string of the molecule is CC(O)[C@@H]([C@H](/C=C/Cl)[C@H](C)[C@@H](C)F)C(F)(F)F. The van der Waals surface area contributed by atoms with E-state index in [1.807, 2.05) is 0 Å². The summed E-state index contributed by atoms with van der Waals surface area (Å²) in [6, 6.07) is 0. The van der Waals surface area contributed by atoms with Crippen LogP contribution in [0.3, 0.4) is 0 Å². The van der Waals surface area contributed by atoms with Crippen molar-refractivity contribution in [3.63, 3.8) is 0 Å². The molecule has 17 heavy (non-hydrogen) atoms. The summed E-state index contributed by atoms with van der Waals surface area (Å²) in [5, 5.41) is 9.26. The Bertz CT molecular complexity index is 250. The quantitative estimate of drug-likeness (QED) is 0.755. The van der Waals surface area contributed by atoms with Crippen molar-refractivity contribution in [1.82, 2.24) is 0 Å². The maximum atomic E-state index is 13.2. The van der Waals surface area contributed by atoms with Crippen molar-refractivity contribution in [3.8, 4) is 0 Å². The molecule has 0 aromatic rings. The van der Waals surface area contributed by atoms with Gasteiger partial charge in [-0.25, -0.2) is 4.39 Å². The molecule has 0 aliphatic rings. The van der Waals surface area contributed by atoms with Gasteiger partial charge < -0.3 is 5.11 Å². The third-order valence-corrected chi connectivity index (χ3v) is 3.08. The van der Waals surface area contributed by atoms with Gasteiger partial charge in [0.05, 0.1) is 12.0 Å². The summed E-state index contributed by atoms with van der Waals surface area (Å²) in [5.41, 5.74) is 0.935. The molecule has 0 bridgehead atoms. The Kier molecular flexibility index (Phi) is 6.48. The van der Waals surface area contributed by atoms with Crippen molar-refractivity contribution in [1.29, 1.82) is 0 Å². The van der Waals surface area contributed by atoms with Crippen molar-refractivity contribution >= 4 is 11.6 Å². The lowest BCUT2D eigenvalue weighted by atomic mass is 9.77. The van der Waals surface area contributed by atoms with Gasteiger partial charge in [0.25, 0.3) is 0 Å². The van der Waals surface area contributed by atoms with Gasteiger partial charge in [-0.15, -0.1) is 0 Å². The number of hydrogen-bond donors (Lipinski definition) is 1. The van der Waals surface area contributed by atoms with E-state index in [4.69, 9.17) is 11.6 Å². The molecule has 0 saturated carbocycles. The highest BCUT2D eigenvalue weighted by Crippen LogP contribution is 2.40. The molecule has 0 rings (SSSR count). The molecule has 0 radical (unpaired) electrons. The molecule has 1 nitrogen and oxygen atoms in total. The van der Waals surface area contributed by atoms with Gasteiger partial charge in [0.1, 0.15) is 6.17 Å². The predicted octanol–water partition coefficient (Wildman–Crippen LogP) is 3.91. The van der Waals surface area contributed by atoms with Crippen molar-refractivity contribution in [2.24, 2.45) is 17.8 Å². The first-order valence-corrected chi connectivity index (χ1v) is 5.72. The molecule has 0 heterocycles. The van der Waals surface area contributed by atoms with Gasteiger partial charge in [-0.2, -0.15) is 13.2 Å². The smallest absolute Gasteiger partial charge is 0.393 e. The summed E-state index contributed by atoms with van der Waals surface area (Å²) < 4.78 is 51.6. The van der Waals surface area contributed by atoms with E-state index in [-0.39, 0.29) is 0 Å². The second-order valence-corrected chi connectivity index (χ2v) is 4.49. The highest BCUT2D eigenvalue weighted by molar-refractivity contribution is 6.25. The monoisotopic (exact) mass is 276 g/mol. The zero-order valence-electron chi connectivity index (χ0n) is 9.88. The molecular weight excluding hydrogens is 260 g/mol. The first-order valence-electron chi connectivity index (χ1n) is 5.28. The molecule has 1 unspecified atom stereocenters. The van der Waals surface area contributed by atoms with E-state index in [1.165, 1.54) is 13.8 Å². The molecule has 0 fully saturated rings. The molecule has 0 spiro atoms. The van der Waals surface area contributed by atoms with Crippen LogP contribution < -0.4 is 0 Å². The van der Waals surface area contributed by atoms with Crippen LogP contribution in [0.1, 0.15) is 20.8 Å². The van der Waals surface area contributed by atoms with E-state index >= 15 is 0 Å². The van der Waals surface area contributed by atoms with Crippen LogP contribution in [0.25, 0.3) is 0 Å². The fourth-order valence-electron chi connectivity index (χ4n) is 1.83. The maximum absolute atomic E-state index is 13.2. The summed E-state index contributed by atoms with van der Waals surface area (Å²) in [6.07, 6.45) is -6.54. The number of aliphatic hydroxyl groups is 1. The number of hydrogen-bond acceptors (Lipinski definition) is 1. The van der Waals surface area contributed by atoms with Gasteiger partial charge in [0.15, 0.2) is 0 Å². The van der Waals surface area contributed by atoms with E-state index in [1.54, 1.807) is 0 Å². The van der Waals surface area contributed by atoms with Gasteiger partial charge in [-0.1, -0.05) is 24.6 Å². The van der Waals surface area contributed by atoms with Gasteiger partial charge in [0, 0.05) is 5.54 Å². The number of halogens is 5. The molecule has 0 aliphatic heterocycles. The van der Waals surface area contributed by atoms with Crippen molar-refractivity contribution < 1.29 is 22.7 Å². The van der Waals surface area contributed by atoms with Crippen molar-refractivity contribution in [2.45, 2.75) is 39.2 Å². The second kappa shape index (κ2) is 6.59. The average molecular weight is 277 g/mol. The Morgan fingerprint density at radius 1 is 1.18 bits per heavy atom. The van der Waals surface area contributed by atoms with Gasteiger partial charge in [0.2, 0.25) is 0 Å². The Hall–Kier alpha value is -0.290. The van der Waals surface area contributed by atoms with Gasteiger partial charge in [-0.3, -0.25) is 0 Å². The zero-order chi connectivity index (χ0) is 13.8. The fourth-order valence-corrected chi connectivity index (χ4v) is 1.99. The highest BCUT2D eigenvalue weighted by Gasteiger charge is 2.48. The minimum atomic E-state index is -4.60. The Morgan fingerprint density at radius 2 is 1.65 bits per heavy atom. The molecule has 0 aromatic carbocycles. The van der Waals surface area contributed by atoms with Crippen molar-refractivity contribution in [2.75, 3.05) is 0 Å². The lowest BCUT2D eigenvalue weighted by Gasteiger charge is -2.33. The number of aliphatic hydroxyl groups excluding tert-OH is 1. The second-order valence-electron chi connectivity index (χ2n) is 4.24. The average Bonchev–Trinajstić information content (AvgIpc) is 2.12. The van der Waals surface area contributed by atoms with Gasteiger partial charge >= 0.3 is 6.18 Å². The van der Waals surface area contributed by atoms with Crippen LogP contribution in [0.2, 0.25) is 0 Å². The predicted molar refractivity (Wildman–Crippen MR) is 59.4 cm³/mol. The number of alkyl halides is 4. The summed E-state index contributed by atoms with van der Waals surface area (Å²) in [7, 11) is 0. The summed E-state index contributed by atoms with van der Waals surface area (Å²) in [5.74, 6) is -4.09. The first kappa shape index (κ1) is 16.7. The zero-order valence-corrected chi connectivity index (χ0v) is 10.6. The molecule has 0 saturated heterocycles. The van der Waals surface area contributed by atoms with E-state index in [0.29, 0.717) is 0 Å². The van der Waals surface area contributed by atoms with Crippen LogP contribution in [0.4, 0.5) is 17.6 Å². The minimum absolute atomic E-state index is 0.883. The van der Waals surface area contributed by atoms with E-state index in [0.717, 1.165) is 18.5 Å². The summed E-state index contributed by atoms with van der Waals surface area (Å²) >= 11 is 5.29. The molecule has 0 amide bonds. The lowest BCUT2D eigenvalue weighted by molar-refractivity contribution is -0.213. The Morgan fingerprint density at radius 3 is 1.88 bits per heavy atom. The molecule has 102 valence electrons. The third-order valence-electron chi connectivity index (χ3n) is 2.94. The van der Waals surface area contributed by atoms with Crippen LogP contribution in [-0.4, -0.2) is 23.6 Å². The maximum Gasteiger partial charge on any atom is 0.394 e. The van der Waals surface area contributed by atoms with E-state index in [9.17, 15) is 22.7 Å². The van der Waals surface area contributed by atoms with E-state index < -0.39 is 36.2 Å².